The number of thiazole rings is 1. The van der Waals surface area contributed by atoms with Crippen LogP contribution in [0.2, 0.25) is 5.02 Å². The van der Waals surface area contributed by atoms with Crippen LogP contribution in [-0.4, -0.2) is 40.1 Å². The van der Waals surface area contributed by atoms with Gasteiger partial charge in [0, 0.05) is 21.5 Å². The van der Waals surface area contributed by atoms with Crippen LogP contribution in [0.3, 0.4) is 0 Å². The van der Waals surface area contributed by atoms with Crippen molar-refractivity contribution in [3.63, 3.8) is 0 Å². The van der Waals surface area contributed by atoms with Crippen LogP contribution < -0.4 is 15.1 Å². The first-order valence-electron chi connectivity index (χ1n) is 13.4. The number of fused-ring (bicyclic) bond motifs is 2. The molecule has 9 nitrogen and oxygen atoms in total. The van der Waals surface area contributed by atoms with Crippen LogP contribution in [0.15, 0.2) is 88.7 Å². The number of aromatic nitrogens is 1. The molecule has 3 amide bonds. The van der Waals surface area contributed by atoms with Gasteiger partial charge in [-0.25, -0.2) is 9.69 Å². The van der Waals surface area contributed by atoms with Crippen LogP contribution in [-0.2, 0) is 25.7 Å². The Kier molecular flexibility index (Phi) is 7.95. The fraction of sp³-hybridized carbons (Fsp3) is 0.194. The summed E-state index contributed by atoms with van der Waals surface area (Å²) in [7, 11) is 0. The van der Waals surface area contributed by atoms with Gasteiger partial charge in [0.15, 0.2) is 0 Å². The number of carbonyl (C=O) groups is 4. The minimum absolute atomic E-state index is 0.250. The molecule has 2 aliphatic heterocycles. The Bertz CT molecular complexity index is 1790. The van der Waals surface area contributed by atoms with Crippen molar-refractivity contribution in [3.05, 3.63) is 110 Å². The van der Waals surface area contributed by atoms with Gasteiger partial charge in [-0.15, -0.1) is 0 Å². The van der Waals surface area contributed by atoms with Gasteiger partial charge in [-0.3, -0.25) is 23.7 Å². The van der Waals surface area contributed by atoms with E-state index in [0.29, 0.717) is 31.9 Å². The van der Waals surface area contributed by atoms with E-state index in [1.807, 2.05) is 6.07 Å². The number of nitrogens with one attached hydrogen (secondary N) is 1. The largest absolute Gasteiger partial charge is 0.462 e. The average molecular weight is 634 g/mol. The predicted molar refractivity (Wildman–Crippen MR) is 165 cm³/mol. The van der Waals surface area contributed by atoms with Gasteiger partial charge in [-0.2, -0.15) is 0 Å². The molecular weight excluding hydrogens is 610 g/mol. The van der Waals surface area contributed by atoms with Crippen LogP contribution in [0.4, 0.5) is 11.4 Å². The van der Waals surface area contributed by atoms with Gasteiger partial charge >= 0.3 is 10.8 Å². The third-order valence-electron chi connectivity index (χ3n) is 7.27. The Hall–Kier alpha value is -4.19. The lowest BCUT2D eigenvalue weighted by molar-refractivity contribution is -0.122. The van der Waals surface area contributed by atoms with Crippen molar-refractivity contribution in [2.24, 2.45) is 5.92 Å². The van der Waals surface area contributed by atoms with E-state index in [-0.39, 0.29) is 29.8 Å². The number of amides is 3. The number of esters is 1. The van der Waals surface area contributed by atoms with E-state index in [2.05, 4.69) is 5.32 Å². The molecule has 0 spiro atoms. The fourth-order valence-corrected chi connectivity index (χ4v) is 8.26. The quantitative estimate of drug-likeness (QED) is 0.220. The Balaban J connectivity index is 1.33. The van der Waals surface area contributed by atoms with Crippen molar-refractivity contribution in [2.45, 2.75) is 29.7 Å². The second-order valence-corrected chi connectivity index (χ2v) is 12.5. The molecular formula is C31H24ClN3O6S2. The third-order valence-corrected chi connectivity index (χ3v) is 10.1. The molecule has 12 heteroatoms. The number of imide groups is 1. The van der Waals surface area contributed by atoms with E-state index in [0.717, 1.165) is 28.7 Å². The van der Waals surface area contributed by atoms with Gasteiger partial charge in [0.25, 0.3) is 0 Å². The Labute approximate surface area is 259 Å². The van der Waals surface area contributed by atoms with Gasteiger partial charge in [0.2, 0.25) is 17.7 Å². The molecule has 0 saturated carbocycles. The molecule has 0 bridgehead atoms. The molecule has 3 atom stereocenters. The molecule has 43 heavy (non-hydrogen) atoms. The summed E-state index contributed by atoms with van der Waals surface area (Å²) < 4.78 is 6.34. The van der Waals surface area contributed by atoms with E-state index < -0.39 is 29.0 Å². The number of nitrogens with zero attached hydrogens (tertiary/aromatic N) is 2. The van der Waals surface area contributed by atoms with Crippen molar-refractivity contribution in [2.75, 3.05) is 16.8 Å². The lowest BCUT2D eigenvalue weighted by atomic mass is 9.83. The van der Waals surface area contributed by atoms with Crippen molar-refractivity contribution in [1.82, 2.24) is 4.57 Å². The first-order valence-corrected chi connectivity index (χ1v) is 15.5. The molecule has 3 unspecified atom stereocenters. The minimum Gasteiger partial charge on any atom is -0.462 e. The summed E-state index contributed by atoms with van der Waals surface area (Å²) in [6.07, 6.45) is 0. The summed E-state index contributed by atoms with van der Waals surface area (Å²) >= 11 is 8.28. The molecule has 1 fully saturated rings. The standard InChI is InChI=1S/C31H24ClN3O6S2/c1-2-41-30(39)18-10-14-20(15-11-18)33-22(36)16-34-29-26(43-31(34)40)23(17-8-12-19(32)13-9-17)24-25(42-29)28(38)35(27(24)37)21-6-4-3-5-7-21/h3-15,23-25H,2,16H2,1H3,(H,33,36). The zero-order chi connectivity index (χ0) is 30.2. The molecule has 1 saturated heterocycles. The number of anilines is 2. The summed E-state index contributed by atoms with van der Waals surface area (Å²) in [4.78, 5) is 67.4. The highest BCUT2D eigenvalue weighted by atomic mass is 35.5. The summed E-state index contributed by atoms with van der Waals surface area (Å²) in [5.41, 5.74) is 2.02. The second kappa shape index (κ2) is 11.8. The summed E-state index contributed by atoms with van der Waals surface area (Å²) in [6, 6.07) is 22.0. The molecule has 6 rings (SSSR count). The maximum atomic E-state index is 13.9. The first-order chi connectivity index (χ1) is 20.8. The van der Waals surface area contributed by atoms with Crippen molar-refractivity contribution < 1.29 is 23.9 Å². The zero-order valence-electron chi connectivity index (χ0n) is 22.7. The summed E-state index contributed by atoms with van der Waals surface area (Å²) in [5.74, 6) is -2.96. The third kappa shape index (κ3) is 5.39. The first kappa shape index (κ1) is 28.9. The highest BCUT2D eigenvalue weighted by molar-refractivity contribution is 8.00. The Morgan fingerprint density at radius 3 is 2.30 bits per heavy atom. The van der Waals surface area contributed by atoms with E-state index in [1.165, 1.54) is 9.47 Å². The molecule has 2 aliphatic rings. The number of carbonyl (C=O) groups excluding carboxylic acids is 4. The topological polar surface area (TPSA) is 115 Å². The summed E-state index contributed by atoms with van der Waals surface area (Å²) in [6.45, 7) is 1.67. The number of halogens is 1. The van der Waals surface area contributed by atoms with Crippen LogP contribution in [0, 0.1) is 5.92 Å². The molecule has 218 valence electrons. The van der Waals surface area contributed by atoms with Crippen LogP contribution in [0.25, 0.3) is 0 Å². The summed E-state index contributed by atoms with van der Waals surface area (Å²) in [5, 5.41) is 2.96. The monoisotopic (exact) mass is 633 g/mol. The maximum Gasteiger partial charge on any atom is 0.338 e. The van der Waals surface area contributed by atoms with Gasteiger partial charge < -0.3 is 10.1 Å². The number of ether oxygens (including phenoxy) is 1. The molecule has 1 aromatic heterocycles. The zero-order valence-corrected chi connectivity index (χ0v) is 25.1. The van der Waals surface area contributed by atoms with Gasteiger partial charge in [0.05, 0.1) is 28.8 Å². The maximum absolute atomic E-state index is 13.9. The van der Waals surface area contributed by atoms with Crippen LogP contribution in [0.1, 0.15) is 33.6 Å². The van der Waals surface area contributed by atoms with Crippen molar-refractivity contribution in [1.29, 1.82) is 0 Å². The van der Waals surface area contributed by atoms with Gasteiger partial charge in [0.1, 0.15) is 11.8 Å². The van der Waals surface area contributed by atoms with Crippen LogP contribution in [0.5, 0.6) is 0 Å². The number of para-hydroxylation sites is 1. The number of hydrogen-bond donors (Lipinski definition) is 1. The van der Waals surface area contributed by atoms with Crippen molar-refractivity contribution in [3.8, 4) is 0 Å². The average Bonchev–Trinajstić information content (AvgIpc) is 3.44. The van der Waals surface area contributed by atoms with Gasteiger partial charge in [-0.05, 0) is 61.0 Å². The lowest BCUT2D eigenvalue weighted by Gasteiger charge is -2.30. The molecule has 3 heterocycles. The Morgan fingerprint density at radius 2 is 1.63 bits per heavy atom. The smallest absolute Gasteiger partial charge is 0.338 e. The fourth-order valence-electron chi connectivity index (χ4n) is 5.36. The number of rotatable bonds is 7. The normalized spacial score (nSPS) is 19.1. The lowest BCUT2D eigenvalue weighted by Crippen LogP contribution is -2.33. The second-order valence-electron chi connectivity index (χ2n) is 9.91. The molecule has 1 N–H and O–H groups in total. The highest BCUT2D eigenvalue weighted by Crippen LogP contribution is 2.53. The van der Waals surface area contributed by atoms with E-state index in [9.17, 15) is 24.0 Å². The number of thioether (sulfide) groups is 1. The number of hydrogen-bond acceptors (Lipinski definition) is 8. The number of benzene rings is 3. The highest BCUT2D eigenvalue weighted by Gasteiger charge is 2.56. The molecule has 0 aliphatic carbocycles. The molecule has 3 aromatic carbocycles. The predicted octanol–water partition coefficient (Wildman–Crippen LogP) is 5.17. The Morgan fingerprint density at radius 1 is 0.930 bits per heavy atom. The molecule has 0 radical (unpaired) electrons. The van der Waals surface area contributed by atoms with Crippen molar-refractivity contribution >= 4 is 69.8 Å². The van der Waals surface area contributed by atoms with Gasteiger partial charge in [-0.1, -0.05) is 65.0 Å². The SMILES string of the molecule is CCOC(=O)c1ccc(NC(=O)Cn2c3c(sc2=O)C(c2ccc(Cl)cc2)C2C(=O)N(c4ccccc4)C(=O)C2S3)cc1. The van der Waals surface area contributed by atoms with E-state index in [1.54, 1.807) is 79.7 Å². The minimum atomic E-state index is -0.792. The van der Waals surface area contributed by atoms with Crippen LogP contribution >= 0.6 is 34.7 Å². The van der Waals surface area contributed by atoms with E-state index in [4.69, 9.17) is 16.3 Å². The molecule has 4 aromatic rings. The van der Waals surface area contributed by atoms with E-state index >= 15 is 0 Å².